The fraction of sp³-hybridized carbons (Fsp3) is 0.267. The molecular weight excluding hydrogens is 270 g/mol. The maximum absolute atomic E-state index is 10.8. The summed E-state index contributed by atoms with van der Waals surface area (Å²) in [4.78, 5) is 14.4. The number of nitro benzene ring substituents is 1. The average Bonchev–Trinajstić information content (AvgIpc) is 2.50. The number of nitrogens with zero attached hydrogens (tertiary/aromatic N) is 2. The minimum Gasteiger partial charge on any atom is -0.493 e. The van der Waals surface area contributed by atoms with Crippen molar-refractivity contribution in [3.8, 4) is 5.75 Å². The van der Waals surface area contributed by atoms with Crippen LogP contribution in [0.3, 0.4) is 0 Å². The van der Waals surface area contributed by atoms with Crippen LogP contribution in [0.2, 0.25) is 0 Å². The molecule has 6 heteroatoms. The quantitative estimate of drug-likeness (QED) is 0.624. The number of nitro groups is 1. The highest BCUT2D eigenvalue weighted by atomic mass is 16.6. The van der Waals surface area contributed by atoms with Gasteiger partial charge in [0.05, 0.1) is 11.5 Å². The molecule has 0 saturated carbocycles. The van der Waals surface area contributed by atoms with Crippen molar-refractivity contribution in [1.82, 2.24) is 10.3 Å². The summed E-state index contributed by atoms with van der Waals surface area (Å²) in [6.07, 6.45) is 4.27. The Bertz CT molecular complexity index is 602. The fourth-order valence-corrected chi connectivity index (χ4v) is 1.97. The molecule has 1 heterocycles. The molecule has 21 heavy (non-hydrogen) atoms. The first kappa shape index (κ1) is 14.9. The zero-order valence-corrected chi connectivity index (χ0v) is 11.8. The third kappa shape index (κ3) is 4.25. The maximum Gasteiger partial charge on any atom is 0.270 e. The molecule has 0 radical (unpaired) electrons. The number of hydrogen-bond donors (Lipinski definition) is 1. The normalized spacial score (nSPS) is 10.3. The smallest absolute Gasteiger partial charge is 0.270 e. The van der Waals surface area contributed by atoms with E-state index in [2.05, 4.69) is 10.3 Å². The molecule has 1 aromatic carbocycles. The molecule has 0 amide bonds. The predicted molar refractivity (Wildman–Crippen MR) is 79.3 cm³/mol. The van der Waals surface area contributed by atoms with Gasteiger partial charge in [0.15, 0.2) is 0 Å². The molecule has 110 valence electrons. The van der Waals surface area contributed by atoms with Crippen molar-refractivity contribution in [3.05, 3.63) is 64.0 Å². The first-order valence-electron chi connectivity index (χ1n) is 6.64. The minimum absolute atomic E-state index is 0.0693. The van der Waals surface area contributed by atoms with Gasteiger partial charge >= 0.3 is 0 Å². The van der Waals surface area contributed by atoms with Gasteiger partial charge in [-0.25, -0.2) is 0 Å². The van der Waals surface area contributed by atoms with Crippen molar-refractivity contribution >= 4 is 5.69 Å². The number of ether oxygens (including phenoxy) is 1. The third-order valence-corrected chi connectivity index (χ3v) is 2.99. The monoisotopic (exact) mass is 287 g/mol. The van der Waals surface area contributed by atoms with Crippen molar-refractivity contribution in [3.63, 3.8) is 0 Å². The predicted octanol–water partition coefficient (Wildman–Crippen LogP) is 2.33. The molecule has 0 saturated heterocycles. The Hall–Kier alpha value is -2.47. The Morgan fingerprint density at radius 1 is 1.38 bits per heavy atom. The summed E-state index contributed by atoms with van der Waals surface area (Å²) in [5.74, 6) is 0.666. The molecule has 0 aliphatic carbocycles. The molecule has 1 aromatic heterocycles. The van der Waals surface area contributed by atoms with Crippen LogP contribution in [0.4, 0.5) is 5.69 Å². The van der Waals surface area contributed by atoms with Crippen molar-refractivity contribution in [2.24, 2.45) is 0 Å². The van der Waals surface area contributed by atoms with E-state index < -0.39 is 4.92 Å². The number of rotatable bonds is 7. The molecule has 0 aliphatic rings. The minimum atomic E-state index is -0.404. The highest BCUT2D eigenvalue weighted by Gasteiger charge is 2.11. The van der Waals surface area contributed by atoms with E-state index in [4.69, 9.17) is 4.74 Å². The number of pyridine rings is 1. The summed E-state index contributed by atoms with van der Waals surface area (Å²) >= 11 is 0. The van der Waals surface area contributed by atoms with Crippen LogP contribution in [0.1, 0.15) is 11.1 Å². The molecule has 1 N–H and O–H groups in total. The molecule has 0 unspecified atom stereocenters. The van der Waals surface area contributed by atoms with Crippen molar-refractivity contribution in [1.29, 1.82) is 0 Å². The van der Waals surface area contributed by atoms with Gasteiger partial charge in [-0.1, -0.05) is 6.07 Å². The van der Waals surface area contributed by atoms with Crippen LogP contribution in [0, 0.1) is 10.1 Å². The molecule has 2 rings (SSSR count). The molecule has 6 nitrogen and oxygen atoms in total. The molecule has 0 aliphatic heterocycles. The third-order valence-electron chi connectivity index (χ3n) is 2.99. The van der Waals surface area contributed by atoms with E-state index in [9.17, 15) is 10.1 Å². The van der Waals surface area contributed by atoms with Gasteiger partial charge in [0.2, 0.25) is 0 Å². The molecule has 0 atom stereocenters. The average molecular weight is 287 g/mol. The van der Waals surface area contributed by atoms with Gasteiger partial charge in [-0.2, -0.15) is 0 Å². The second kappa shape index (κ2) is 7.35. The van der Waals surface area contributed by atoms with Crippen LogP contribution in [0.5, 0.6) is 5.75 Å². The zero-order valence-electron chi connectivity index (χ0n) is 11.8. The standard InChI is InChI=1S/C15H17N3O3/c1-16-11-13-9-14(18(19)20)4-5-15(13)21-8-6-12-3-2-7-17-10-12/h2-5,7,9-10,16H,6,8,11H2,1H3. The van der Waals surface area contributed by atoms with E-state index >= 15 is 0 Å². The van der Waals surface area contributed by atoms with E-state index in [1.165, 1.54) is 12.1 Å². The van der Waals surface area contributed by atoms with Gasteiger partial charge in [-0.15, -0.1) is 0 Å². The Kier molecular flexibility index (Phi) is 5.22. The highest BCUT2D eigenvalue weighted by molar-refractivity contribution is 5.43. The Balaban J connectivity index is 2.03. The maximum atomic E-state index is 10.8. The van der Waals surface area contributed by atoms with Crippen LogP contribution < -0.4 is 10.1 Å². The second-order valence-corrected chi connectivity index (χ2v) is 4.54. The van der Waals surface area contributed by atoms with Crippen LogP contribution in [-0.2, 0) is 13.0 Å². The summed E-state index contributed by atoms with van der Waals surface area (Å²) in [6.45, 7) is 1.02. The lowest BCUT2D eigenvalue weighted by molar-refractivity contribution is -0.384. The molecule has 0 fully saturated rings. The second-order valence-electron chi connectivity index (χ2n) is 4.54. The van der Waals surface area contributed by atoms with E-state index in [0.717, 1.165) is 17.5 Å². The lowest BCUT2D eigenvalue weighted by atomic mass is 10.1. The van der Waals surface area contributed by atoms with Gasteiger partial charge in [0.1, 0.15) is 5.75 Å². The number of aromatic nitrogens is 1. The van der Waals surface area contributed by atoms with E-state index in [-0.39, 0.29) is 5.69 Å². The molecule has 2 aromatic rings. The fourth-order valence-electron chi connectivity index (χ4n) is 1.97. The number of non-ortho nitro benzene ring substituents is 1. The Labute approximate surface area is 122 Å². The Morgan fingerprint density at radius 2 is 2.24 bits per heavy atom. The van der Waals surface area contributed by atoms with Crippen LogP contribution >= 0.6 is 0 Å². The van der Waals surface area contributed by atoms with E-state index in [0.29, 0.717) is 18.9 Å². The lowest BCUT2D eigenvalue weighted by Crippen LogP contribution is -2.09. The van der Waals surface area contributed by atoms with Crippen LogP contribution in [-0.4, -0.2) is 23.6 Å². The number of benzene rings is 1. The number of nitrogens with one attached hydrogen (secondary N) is 1. The zero-order chi connectivity index (χ0) is 15.1. The number of hydrogen-bond acceptors (Lipinski definition) is 5. The Morgan fingerprint density at radius 3 is 2.90 bits per heavy atom. The summed E-state index contributed by atoms with van der Waals surface area (Å²) in [7, 11) is 1.79. The summed E-state index contributed by atoms with van der Waals surface area (Å²) in [5.41, 5.74) is 1.94. The lowest BCUT2D eigenvalue weighted by Gasteiger charge is -2.11. The first-order valence-corrected chi connectivity index (χ1v) is 6.64. The van der Waals surface area contributed by atoms with Crippen molar-refractivity contribution in [2.75, 3.05) is 13.7 Å². The van der Waals surface area contributed by atoms with Crippen LogP contribution in [0.25, 0.3) is 0 Å². The van der Waals surface area contributed by atoms with Crippen molar-refractivity contribution < 1.29 is 9.66 Å². The summed E-state index contributed by atoms with van der Waals surface area (Å²) < 4.78 is 5.74. The molecule has 0 bridgehead atoms. The largest absolute Gasteiger partial charge is 0.493 e. The topological polar surface area (TPSA) is 77.3 Å². The first-order chi connectivity index (χ1) is 10.2. The molecule has 0 spiro atoms. The highest BCUT2D eigenvalue weighted by Crippen LogP contribution is 2.24. The summed E-state index contributed by atoms with van der Waals surface area (Å²) in [6, 6.07) is 8.51. The van der Waals surface area contributed by atoms with Gasteiger partial charge in [-0.05, 0) is 24.7 Å². The van der Waals surface area contributed by atoms with Gasteiger partial charge in [0.25, 0.3) is 5.69 Å². The summed E-state index contributed by atoms with van der Waals surface area (Å²) in [5, 5.41) is 13.8. The van der Waals surface area contributed by atoms with E-state index in [1.807, 2.05) is 12.1 Å². The van der Waals surface area contributed by atoms with Crippen molar-refractivity contribution in [2.45, 2.75) is 13.0 Å². The van der Waals surface area contributed by atoms with Gasteiger partial charge in [0, 0.05) is 43.1 Å². The van der Waals surface area contributed by atoms with Gasteiger partial charge in [-0.3, -0.25) is 15.1 Å². The van der Waals surface area contributed by atoms with Gasteiger partial charge < -0.3 is 10.1 Å². The van der Waals surface area contributed by atoms with E-state index in [1.54, 1.807) is 25.5 Å². The molecular formula is C15H17N3O3. The SMILES string of the molecule is CNCc1cc([N+](=O)[O-])ccc1OCCc1cccnc1. The van der Waals surface area contributed by atoms with Crippen LogP contribution in [0.15, 0.2) is 42.7 Å².